The van der Waals surface area contributed by atoms with Crippen molar-refractivity contribution in [3.05, 3.63) is 64.9 Å². The van der Waals surface area contributed by atoms with E-state index in [1.54, 1.807) is 40.8 Å². The van der Waals surface area contributed by atoms with E-state index in [9.17, 15) is 9.59 Å². The van der Waals surface area contributed by atoms with Crippen LogP contribution in [0.25, 0.3) is 22.3 Å². The van der Waals surface area contributed by atoms with Crippen LogP contribution < -0.4 is 0 Å². The summed E-state index contributed by atoms with van der Waals surface area (Å²) >= 11 is 0. The Bertz CT molecular complexity index is 1450. The number of carbonyl (C=O) groups is 2. The Morgan fingerprint density at radius 3 is 2.63 bits per heavy atom. The monoisotopic (exact) mass is 471 g/mol. The van der Waals surface area contributed by atoms with Crippen LogP contribution in [0.5, 0.6) is 0 Å². The van der Waals surface area contributed by atoms with Crippen molar-refractivity contribution in [2.75, 3.05) is 0 Å². The van der Waals surface area contributed by atoms with Crippen molar-refractivity contribution in [1.29, 1.82) is 0 Å². The summed E-state index contributed by atoms with van der Waals surface area (Å²) in [5.74, 6) is 0.411. The molecule has 8 nitrogen and oxygen atoms in total. The summed E-state index contributed by atoms with van der Waals surface area (Å²) in [6, 6.07) is 8.15. The maximum absolute atomic E-state index is 13.1. The minimum absolute atomic E-state index is 0.135. The summed E-state index contributed by atoms with van der Waals surface area (Å²) in [7, 11) is 0. The molecule has 4 aromatic heterocycles. The standard InChI is InChI=1S/C27H29N5O3/c1-15-16(2)32(26(34)35-27(3,4)5)31-24(15)23(33)11-17-10-20-13-22(30-25(20)29-14-17)19-8-9-28-21(12-19)18-6-7-18/h8-10,12-14,18H,6-7,11H2,1-5H3,(H,29,30). The van der Waals surface area contributed by atoms with E-state index in [-0.39, 0.29) is 17.9 Å². The molecule has 0 atom stereocenters. The van der Waals surface area contributed by atoms with E-state index in [4.69, 9.17) is 4.74 Å². The van der Waals surface area contributed by atoms with Gasteiger partial charge in [0.25, 0.3) is 0 Å². The van der Waals surface area contributed by atoms with Gasteiger partial charge in [0, 0.05) is 52.6 Å². The van der Waals surface area contributed by atoms with Gasteiger partial charge in [0.2, 0.25) is 0 Å². The van der Waals surface area contributed by atoms with Crippen molar-refractivity contribution in [3.8, 4) is 11.3 Å². The molecule has 0 amide bonds. The number of pyridine rings is 2. The second-order valence-corrected chi connectivity index (χ2v) is 10.3. The van der Waals surface area contributed by atoms with E-state index < -0.39 is 11.7 Å². The summed E-state index contributed by atoms with van der Waals surface area (Å²) in [5.41, 5.74) is 5.62. The van der Waals surface area contributed by atoms with E-state index in [0.29, 0.717) is 17.2 Å². The van der Waals surface area contributed by atoms with E-state index in [1.165, 1.54) is 12.8 Å². The molecule has 1 N–H and O–H groups in total. The zero-order valence-electron chi connectivity index (χ0n) is 20.7. The number of nitrogens with one attached hydrogen (secondary N) is 1. The van der Waals surface area contributed by atoms with Crippen molar-refractivity contribution >= 4 is 22.9 Å². The van der Waals surface area contributed by atoms with Crippen LogP contribution in [0, 0.1) is 13.8 Å². The zero-order chi connectivity index (χ0) is 24.9. The number of fused-ring (bicyclic) bond motifs is 1. The number of H-pyrrole nitrogens is 1. The van der Waals surface area contributed by atoms with Crippen LogP contribution in [0.3, 0.4) is 0 Å². The molecule has 35 heavy (non-hydrogen) atoms. The Labute approximate surface area is 203 Å². The Hall–Kier alpha value is -3.81. The van der Waals surface area contributed by atoms with Crippen LogP contribution in [-0.2, 0) is 11.2 Å². The van der Waals surface area contributed by atoms with Gasteiger partial charge in [0.15, 0.2) is 5.78 Å². The van der Waals surface area contributed by atoms with E-state index >= 15 is 0 Å². The normalized spacial score (nSPS) is 13.9. The molecule has 0 aromatic carbocycles. The van der Waals surface area contributed by atoms with Crippen molar-refractivity contribution in [2.24, 2.45) is 0 Å². The van der Waals surface area contributed by atoms with Crippen LogP contribution in [0.1, 0.15) is 72.5 Å². The highest BCUT2D eigenvalue weighted by molar-refractivity contribution is 5.98. The minimum Gasteiger partial charge on any atom is -0.442 e. The molecule has 0 spiro atoms. The topological polar surface area (TPSA) is 103 Å². The van der Waals surface area contributed by atoms with Crippen LogP contribution in [0.15, 0.2) is 36.7 Å². The first-order chi connectivity index (χ1) is 16.6. The van der Waals surface area contributed by atoms with Gasteiger partial charge in [-0.15, -0.1) is 0 Å². The Balaban J connectivity index is 1.37. The molecule has 0 unspecified atom stereocenters. The number of aromatic nitrogens is 5. The summed E-state index contributed by atoms with van der Waals surface area (Å²) in [4.78, 5) is 38.0. The number of ether oxygens (including phenoxy) is 1. The number of nitrogens with zero attached hydrogens (tertiary/aromatic N) is 4. The molecule has 8 heteroatoms. The van der Waals surface area contributed by atoms with Gasteiger partial charge < -0.3 is 9.72 Å². The lowest BCUT2D eigenvalue weighted by Crippen LogP contribution is -2.28. The first-order valence-corrected chi connectivity index (χ1v) is 11.9. The molecule has 0 saturated heterocycles. The summed E-state index contributed by atoms with van der Waals surface area (Å²) < 4.78 is 6.58. The molecule has 1 saturated carbocycles. The molecule has 5 rings (SSSR count). The quantitative estimate of drug-likeness (QED) is 0.384. The Morgan fingerprint density at radius 2 is 1.91 bits per heavy atom. The average Bonchev–Trinajstić information content (AvgIpc) is 3.49. The van der Waals surface area contributed by atoms with E-state index in [0.717, 1.165) is 38.2 Å². The van der Waals surface area contributed by atoms with Crippen molar-refractivity contribution < 1.29 is 14.3 Å². The summed E-state index contributed by atoms with van der Waals surface area (Å²) in [6.45, 7) is 8.92. The lowest BCUT2D eigenvalue weighted by molar-refractivity contribution is 0.0510. The highest BCUT2D eigenvalue weighted by Gasteiger charge is 2.26. The number of aromatic amines is 1. The number of rotatable bonds is 5. The zero-order valence-corrected chi connectivity index (χ0v) is 20.7. The van der Waals surface area contributed by atoms with E-state index in [2.05, 4.69) is 32.2 Å². The second-order valence-electron chi connectivity index (χ2n) is 10.3. The van der Waals surface area contributed by atoms with Crippen molar-refractivity contribution in [2.45, 2.75) is 65.4 Å². The molecule has 4 heterocycles. The fourth-order valence-electron chi connectivity index (χ4n) is 4.13. The molecule has 1 aliphatic rings. The first kappa shape index (κ1) is 23.0. The second kappa shape index (κ2) is 8.45. The van der Waals surface area contributed by atoms with Gasteiger partial charge >= 0.3 is 6.09 Å². The van der Waals surface area contributed by atoms with E-state index in [1.807, 2.05) is 18.3 Å². The molecular weight excluding hydrogens is 442 g/mol. The van der Waals surface area contributed by atoms with Gasteiger partial charge in [0.1, 0.15) is 16.9 Å². The largest absolute Gasteiger partial charge is 0.442 e. The van der Waals surface area contributed by atoms with Gasteiger partial charge in [-0.05, 0) is 77.3 Å². The number of carbonyl (C=O) groups excluding carboxylic acids is 2. The fourth-order valence-corrected chi connectivity index (χ4v) is 4.13. The third kappa shape index (κ3) is 4.73. The van der Waals surface area contributed by atoms with Crippen LogP contribution in [0.4, 0.5) is 4.79 Å². The van der Waals surface area contributed by atoms with Gasteiger partial charge in [-0.25, -0.2) is 9.78 Å². The van der Waals surface area contributed by atoms with Crippen LogP contribution in [0.2, 0.25) is 0 Å². The average molecular weight is 472 g/mol. The van der Waals surface area contributed by atoms with Crippen molar-refractivity contribution in [1.82, 2.24) is 24.7 Å². The van der Waals surface area contributed by atoms with Crippen molar-refractivity contribution in [3.63, 3.8) is 0 Å². The van der Waals surface area contributed by atoms with Crippen LogP contribution >= 0.6 is 0 Å². The molecule has 0 bridgehead atoms. The maximum atomic E-state index is 13.1. The predicted molar refractivity (Wildman–Crippen MR) is 133 cm³/mol. The fraction of sp³-hybridized carbons (Fsp3) is 0.370. The number of ketones is 1. The summed E-state index contributed by atoms with van der Waals surface area (Å²) in [6.07, 6.45) is 5.51. The number of hydrogen-bond donors (Lipinski definition) is 1. The number of Topliss-reactive ketones (excluding diaryl/α,β-unsaturated/α-hetero) is 1. The van der Waals surface area contributed by atoms with Gasteiger partial charge in [-0.3, -0.25) is 9.78 Å². The maximum Gasteiger partial charge on any atom is 0.435 e. The highest BCUT2D eigenvalue weighted by atomic mass is 16.6. The van der Waals surface area contributed by atoms with Gasteiger partial charge in [-0.2, -0.15) is 9.78 Å². The lowest BCUT2D eigenvalue weighted by atomic mass is 10.0. The smallest absolute Gasteiger partial charge is 0.435 e. The van der Waals surface area contributed by atoms with Crippen LogP contribution in [-0.4, -0.2) is 42.2 Å². The lowest BCUT2D eigenvalue weighted by Gasteiger charge is -2.19. The Morgan fingerprint density at radius 1 is 1.14 bits per heavy atom. The number of hydrogen-bond acceptors (Lipinski definition) is 6. The molecule has 0 aliphatic heterocycles. The molecule has 1 aliphatic carbocycles. The molecule has 0 radical (unpaired) electrons. The third-order valence-corrected chi connectivity index (χ3v) is 6.23. The third-order valence-electron chi connectivity index (χ3n) is 6.23. The first-order valence-electron chi connectivity index (χ1n) is 11.9. The summed E-state index contributed by atoms with van der Waals surface area (Å²) in [5, 5.41) is 5.22. The molecular formula is C27H29N5O3. The Kier molecular flexibility index (Phi) is 5.54. The molecule has 4 aromatic rings. The minimum atomic E-state index is -0.653. The SMILES string of the molecule is Cc1c(C(=O)Cc2cnc3[nH]c(-c4ccnc(C5CC5)c4)cc3c2)nn(C(=O)OC(C)(C)C)c1C. The molecule has 1 fully saturated rings. The molecule has 180 valence electrons. The van der Waals surface area contributed by atoms with Gasteiger partial charge in [-0.1, -0.05) is 0 Å². The predicted octanol–water partition coefficient (Wildman–Crippen LogP) is 5.52. The van der Waals surface area contributed by atoms with Gasteiger partial charge in [0.05, 0.1) is 5.69 Å². The highest BCUT2D eigenvalue weighted by Crippen LogP contribution is 2.40.